The maximum atomic E-state index is 12.8. The van der Waals surface area contributed by atoms with Crippen LogP contribution in [0.15, 0.2) is 48.8 Å². The molecule has 0 saturated heterocycles. The third kappa shape index (κ3) is 1.99. The summed E-state index contributed by atoms with van der Waals surface area (Å²) in [5, 5.41) is 0. The van der Waals surface area contributed by atoms with Gasteiger partial charge in [0.15, 0.2) is 0 Å². The lowest BCUT2D eigenvalue weighted by atomic mass is 10.1. The summed E-state index contributed by atoms with van der Waals surface area (Å²) in [5.74, 6) is 0.0539. The molecule has 1 unspecified atom stereocenters. The second kappa shape index (κ2) is 4.98. The molecule has 2 aromatic carbocycles. The predicted octanol–water partition coefficient (Wildman–Crippen LogP) is 3.32. The molecular weight excluding hydrogens is 274 g/mol. The van der Waals surface area contributed by atoms with Crippen molar-refractivity contribution in [1.82, 2.24) is 14.9 Å². The Kier molecular flexibility index (Phi) is 2.96. The first-order valence-corrected chi connectivity index (χ1v) is 7.52. The Balaban J connectivity index is 1.65. The highest BCUT2D eigenvalue weighted by Crippen LogP contribution is 2.35. The molecule has 3 aromatic rings. The number of aromatic amines is 1. The average molecular weight is 291 g/mol. The van der Waals surface area contributed by atoms with Crippen molar-refractivity contribution in [2.45, 2.75) is 18.9 Å². The molecule has 0 fully saturated rings. The molecule has 1 aliphatic rings. The normalized spacial score (nSPS) is 16.7. The molecule has 0 radical (unpaired) electrons. The standard InChI is InChI=1S/C18H17N3O/c1-21(17-9-7-12-4-2-3-5-14(12)17)18(22)13-6-8-15-16(10-13)20-11-19-15/h2-6,8,10-11,17H,7,9H2,1H3,(H,19,20). The number of amides is 1. The minimum absolute atomic E-state index is 0.0539. The van der Waals surface area contributed by atoms with Crippen molar-refractivity contribution in [3.05, 3.63) is 65.5 Å². The minimum atomic E-state index is 0.0539. The van der Waals surface area contributed by atoms with E-state index in [0.29, 0.717) is 5.56 Å². The third-order valence-corrected chi connectivity index (χ3v) is 4.56. The van der Waals surface area contributed by atoms with Gasteiger partial charge in [-0.1, -0.05) is 24.3 Å². The van der Waals surface area contributed by atoms with E-state index in [1.807, 2.05) is 36.2 Å². The molecule has 0 aliphatic heterocycles. The van der Waals surface area contributed by atoms with Crippen LogP contribution in [0.1, 0.15) is 33.9 Å². The zero-order valence-corrected chi connectivity index (χ0v) is 12.4. The molecule has 0 spiro atoms. The Morgan fingerprint density at radius 3 is 3.05 bits per heavy atom. The van der Waals surface area contributed by atoms with Crippen LogP contribution in [0.4, 0.5) is 0 Å². The quantitative estimate of drug-likeness (QED) is 0.787. The largest absolute Gasteiger partial charge is 0.345 e. The molecule has 110 valence electrons. The highest BCUT2D eigenvalue weighted by molar-refractivity contribution is 5.97. The van der Waals surface area contributed by atoms with Gasteiger partial charge in [0, 0.05) is 12.6 Å². The lowest BCUT2D eigenvalue weighted by molar-refractivity contribution is 0.0731. The van der Waals surface area contributed by atoms with Gasteiger partial charge in [-0.05, 0) is 42.2 Å². The van der Waals surface area contributed by atoms with Gasteiger partial charge in [0.25, 0.3) is 5.91 Å². The number of hydrogen-bond acceptors (Lipinski definition) is 2. The van der Waals surface area contributed by atoms with Gasteiger partial charge in [-0.25, -0.2) is 4.98 Å². The van der Waals surface area contributed by atoms with Gasteiger partial charge >= 0.3 is 0 Å². The van der Waals surface area contributed by atoms with Gasteiger partial charge in [0.05, 0.1) is 23.4 Å². The molecule has 4 nitrogen and oxygen atoms in total. The van der Waals surface area contributed by atoms with Crippen molar-refractivity contribution in [2.75, 3.05) is 7.05 Å². The Labute approximate surface area is 128 Å². The molecule has 1 atom stereocenters. The number of benzene rings is 2. The molecule has 1 aliphatic carbocycles. The van der Waals surface area contributed by atoms with Gasteiger partial charge in [-0.2, -0.15) is 0 Å². The number of nitrogens with one attached hydrogen (secondary N) is 1. The van der Waals surface area contributed by atoms with Crippen molar-refractivity contribution < 1.29 is 4.79 Å². The van der Waals surface area contributed by atoms with E-state index in [1.54, 1.807) is 6.33 Å². The smallest absolute Gasteiger partial charge is 0.254 e. The number of aromatic nitrogens is 2. The summed E-state index contributed by atoms with van der Waals surface area (Å²) in [5.41, 5.74) is 5.11. The average Bonchev–Trinajstić information content (AvgIpc) is 3.19. The fourth-order valence-electron chi connectivity index (χ4n) is 3.35. The van der Waals surface area contributed by atoms with E-state index < -0.39 is 0 Å². The highest BCUT2D eigenvalue weighted by Gasteiger charge is 2.28. The second-order valence-electron chi connectivity index (χ2n) is 5.80. The molecule has 0 saturated carbocycles. The van der Waals surface area contributed by atoms with Gasteiger partial charge < -0.3 is 9.88 Å². The number of fused-ring (bicyclic) bond motifs is 2. The summed E-state index contributed by atoms with van der Waals surface area (Å²) in [4.78, 5) is 21.9. The highest BCUT2D eigenvalue weighted by atomic mass is 16.2. The minimum Gasteiger partial charge on any atom is -0.345 e. The van der Waals surface area contributed by atoms with E-state index in [2.05, 4.69) is 28.2 Å². The number of rotatable bonds is 2. The van der Waals surface area contributed by atoms with Crippen LogP contribution in [-0.2, 0) is 6.42 Å². The van der Waals surface area contributed by atoms with Crippen molar-refractivity contribution in [2.24, 2.45) is 0 Å². The Bertz CT molecular complexity index is 852. The number of H-pyrrole nitrogens is 1. The van der Waals surface area contributed by atoms with E-state index in [1.165, 1.54) is 11.1 Å². The van der Waals surface area contributed by atoms with E-state index >= 15 is 0 Å². The molecule has 1 amide bonds. The molecular formula is C18H17N3O. The lowest BCUT2D eigenvalue weighted by Gasteiger charge is -2.25. The van der Waals surface area contributed by atoms with Crippen LogP contribution in [0, 0.1) is 0 Å². The Hall–Kier alpha value is -2.62. The first-order chi connectivity index (χ1) is 10.7. The number of imidazole rings is 1. The van der Waals surface area contributed by atoms with Crippen LogP contribution in [-0.4, -0.2) is 27.8 Å². The zero-order chi connectivity index (χ0) is 15.1. The van der Waals surface area contributed by atoms with Crippen molar-refractivity contribution in [3.8, 4) is 0 Å². The summed E-state index contributed by atoms with van der Waals surface area (Å²) >= 11 is 0. The van der Waals surface area contributed by atoms with Crippen LogP contribution in [0.2, 0.25) is 0 Å². The third-order valence-electron chi connectivity index (χ3n) is 4.56. The topological polar surface area (TPSA) is 49.0 Å². The monoisotopic (exact) mass is 291 g/mol. The van der Waals surface area contributed by atoms with Crippen LogP contribution >= 0.6 is 0 Å². The van der Waals surface area contributed by atoms with Crippen LogP contribution in [0.5, 0.6) is 0 Å². The van der Waals surface area contributed by atoms with E-state index in [4.69, 9.17) is 0 Å². The van der Waals surface area contributed by atoms with Crippen LogP contribution in [0.25, 0.3) is 11.0 Å². The van der Waals surface area contributed by atoms with Crippen molar-refractivity contribution >= 4 is 16.9 Å². The number of carbonyl (C=O) groups is 1. The second-order valence-corrected chi connectivity index (χ2v) is 5.80. The number of hydrogen-bond donors (Lipinski definition) is 1. The predicted molar refractivity (Wildman–Crippen MR) is 85.7 cm³/mol. The zero-order valence-electron chi connectivity index (χ0n) is 12.4. The molecule has 4 rings (SSSR count). The fraction of sp³-hybridized carbons (Fsp3) is 0.222. The fourth-order valence-corrected chi connectivity index (χ4v) is 3.35. The summed E-state index contributed by atoms with van der Waals surface area (Å²) < 4.78 is 0. The van der Waals surface area contributed by atoms with Gasteiger partial charge in [0.2, 0.25) is 0 Å². The molecule has 1 heterocycles. The molecule has 1 aromatic heterocycles. The molecule has 4 heteroatoms. The van der Waals surface area contributed by atoms with E-state index in [9.17, 15) is 4.79 Å². The number of nitrogens with zero attached hydrogens (tertiary/aromatic N) is 2. The number of carbonyl (C=O) groups excluding carboxylic acids is 1. The Morgan fingerprint density at radius 2 is 2.14 bits per heavy atom. The maximum Gasteiger partial charge on any atom is 0.254 e. The SMILES string of the molecule is CN(C(=O)c1ccc2nc[nH]c2c1)C1CCc2ccccc21. The first-order valence-electron chi connectivity index (χ1n) is 7.52. The summed E-state index contributed by atoms with van der Waals surface area (Å²) in [6, 6.07) is 14.2. The van der Waals surface area contributed by atoms with Crippen LogP contribution < -0.4 is 0 Å². The van der Waals surface area contributed by atoms with Gasteiger partial charge in [-0.15, -0.1) is 0 Å². The summed E-state index contributed by atoms with van der Waals surface area (Å²) in [7, 11) is 1.90. The molecule has 22 heavy (non-hydrogen) atoms. The van der Waals surface area contributed by atoms with E-state index in [-0.39, 0.29) is 11.9 Å². The van der Waals surface area contributed by atoms with Crippen molar-refractivity contribution in [1.29, 1.82) is 0 Å². The maximum absolute atomic E-state index is 12.8. The molecule has 1 N–H and O–H groups in total. The Morgan fingerprint density at radius 1 is 1.27 bits per heavy atom. The van der Waals surface area contributed by atoms with Crippen LogP contribution in [0.3, 0.4) is 0 Å². The van der Waals surface area contributed by atoms with E-state index in [0.717, 1.165) is 23.9 Å². The molecule has 0 bridgehead atoms. The lowest BCUT2D eigenvalue weighted by Crippen LogP contribution is -2.30. The first kappa shape index (κ1) is 13.1. The number of aryl methyl sites for hydroxylation is 1. The summed E-state index contributed by atoms with van der Waals surface area (Å²) in [6.07, 6.45) is 3.68. The van der Waals surface area contributed by atoms with Gasteiger partial charge in [0.1, 0.15) is 0 Å². The van der Waals surface area contributed by atoms with Crippen molar-refractivity contribution in [3.63, 3.8) is 0 Å². The van der Waals surface area contributed by atoms with Gasteiger partial charge in [-0.3, -0.25) is 4.79 Å². The summed E-state index contributed by atoms with van der Waals surface area (Å²) in [6.45, 7) is 0.